The molecule has 15 heavy (non-hydrogen) atoms. The van der Waals surface area contributed by atoms with Gasteiger partial charge < -0.3 is 4.74 Å². The molecule has 1 unspecified atom stereocenters. The van der Waals surface area contributed by atoms with Crippen LogP contribution in [0.3, 0.4) is 0 Å². The van der Waals surface area contributed by atoms with Gasteiger partial charge in [0.15, 0.2) is 12.4 Å². The number of nitrogens with zero attached hydrogens (tertiary/aromatic N) is 1. The highest BCUT2D eigenvalue weighted by Crippen LogP contribution is 2.04. The Hall–Kier alpha value is -1.90. The van der Waals surface area contributed by atoms with Gasteiger partial charge in [0.2, 0.25) is 0 Å². The lowest BCUT2D eigenvalue weighted by Crippen LogP contribution is -2.40. The first-order chi connectivity index (χ1) is 7.15. The summed E-state index contributed by atoms with van der Waals surface area (Å²) in [5.41, 5.74) is 0.374. The second-order valence-electron chi connectivity index (χ2n) is 3.13. The molecule has 0 saturated carbocycles. The van der Waals surface area contributed by atoms with Gasteiger partial charge in [-0.1, -0.05) is 19.2 Å². The Labute approximate surface area is 89.3 Å². The van der Waals surface area contributed by atoms with Crippen LogP contribution in [-0.2, 0) is 9.53 Å². The first-order valence-electron chi connectivity index (χ1n) is 4.60. The number of carbonyl (C=O) groups is 1. The molecule has 0 aliphatic heterocycles. The Morgan fingerprint density at radius 1 is 1.40 bits per heavy atom. The Bertz CT molecular complexity index is 370. The second-order valence-corrected chi connectivity index (χ2v) is 3.13. The van der Waals surface area contributed by atoms with Crippen molar-refractivity contribution in [1.29, 1.82) is 0 Å². The van der Waals surface area contributed by atoms with Gasteiger partial charge in [0, 0.05) is 23.8 Å². The molecular formula is C12H14NO2+. The minimum absolute atomic E-state index is 0.374. The molecule has 0 aliphatic rings. The lowest BCUT2D eigenvalue weighted by atomic mass is 10.3. The molecule has 1 rings (SSSR count). The number of carbonyl (C=O) groups excluding carboxylic acids is 1. The third-order valence-corrected chi connectivity index (χ3v) is 1.81. The van der Waals surface area contributed by atoms with Crippen LogP contribution in [0, 0.1) is 0 Å². The molecule has 0 radical (unpaired) electrons. The fourth-order valence-electron chi connectivity index (χ4n) is 1.02. The van der Waals surface area contributed by atoms with Crippen molar-refractivity contribution < 1.29 is 14.1 Å². The van der Waals surface area contributed by atoms with Gasteiger partial charge in [-0.25, -0.2) is 4.79 Å². The quantitative estimate of drug-likeness (QED) is 0.324. The number of esters is 1. The number of hydrogen-bond acceptors (Lipinski definition) is 2. The van der Waals surface area contributed by atoms with E-state index < -0.39 is 12.2 Å². The fourth-order valence-corrected chi connectivity index (χ4v) is 1.02. The molecule has 1 aromatic rings. The molecule has 1 aromatic heterocycles. The third kappa shape index (κ3) is 3.06. The molecule has 1 heterocycles. The molecule has 0 aromatic carbocycles. The highest BCUT2D eigenvalue weighted by atomic mass is 16.6. The Morgan fingerprint density at radius 2 is 2.00 bits per heavy atom. The van der Waals surface area contributed by atoms with Crippen molar-refractivity contribution in [2.75, 3.05) is 0 Å². The molecule has 0 saturated heterocycles. The summed E-state index contributed by atoms with van der Waals surface area (Å²) in [6.07, 6.45) is 4.67. The summed E-state index contributed by atoms with van der Waals surface area (Å²) < 4.78 is 6.90. The van der Waals surface area contributed by atoms with Crippen molar-refractivity contribution in [1.82, 2.24) is 0 Å². The average molecular weight is 204 g/mol. The van der Waals surface area contributed by atoms with Crippen LogP contribution in [0.15, 0.2) is 55.4 Å². The van der Waals surface area contributed by atoms with Gasteiger partial charge in [-0.2, -0.15) is 4.57 Å². The van der Waals surface area contributed by atoms with Crippen molar-refractivity contribution in [2.45, 2.75) is 13.2 Å². The first kappa shape index (κ1) is 11.2. The predicted molar refractivity (Wildman–Crippen MR) is 56.8 cm³/mol. The van der Waals surface area contributed by atoms with E-state index in [9.17, 15) is 4.79 Å². The topological polar surface area (TPSA) is 30.2 Å². The molecule has 3 heteroatoms. The SMILES string of the molecule is C=CC(OC(=O)C(=C)C)[n+]1ccccc1. The number of ether oxygens (including phenoxy) is 1. The summed E-state index contributed by atoms with van der Waals surface area (Å²) in [5.74, 6) is -0.420. The average Bonchev–Trinajstić information content (AvgIpc) is 2.26. The first-order valence-corrected chi connectivity index (χ1v) is 4.60. The van der Waals surface area contributed by atoms with E-state index in [-0.39, 0.29) is 0 Å². The van der Waals surface area contributed by atoms with E-state index in [1.165, 1.54) is 0 Å². The second kappa shape index (κ2) is 5.10. The molecule has 78 valence electrons. The molecule has 1 atom stereocenters. The number of aromatic nitrogens is 1. The maximum Gasteiger partial charge on any atom is 0.338 e. The highest BCUT2D eigenvalue weighted by Gasteiger charge is 2.18. The van der Waals surface area contributed by atoms with Crippen LogP contribution in [0.4, 0.5) is 0 Å². The monoisotopic (exact) mass is 204 g/mol. The molecule has 0 spiro atoms. The lowest BCUT2D eigenvalue weighted by molar-refractivity contribution is -0.744. The van der Waals surface area contributed by atoms with Gasteiger partial charge in [-0.3, -0.25) is 0 Å². The van der Waals surface area contributed by atoms with Gasteiger partial charge in [0.1, 0.15) is 0 Å². The van der Waals surface area contributed by atoms with Crippen molar-refractivity contribution in [2.24, 2.45) is 0 Å². The largest absolute Gasteiger partial charge is 0.395 e. The molecule has 0 aliphatic carbocycles. The van der Waals surface area contributed by atoms with E-state index in [0.717, 1.165) is 0 Å². The lowest BCUT2D eigenvalue weighted by Gasteiger charge is -2.08. The van der Waals surface area contributed by atoms with Crippen molar-refractivity contribution in [3.05, 3.63) is 55.4 Å². The van der Waals surface area contributed by atoms with Crippen LogP contribution in [0.25, 0.3) is 0 Å². The molecule has 0 amide bonds. The van der Waals surface area contributed by atoms with Crippen molar-refractivity contribution in [3.63, 3.8) is 0 Å². The maximum atomic E-state index is 11.3. The van der Waals surface area contributed by atoms with Crippen molar-refractivity contribution >= 4 is 5.97 Å². The molecule has 0 N–H and O–H groups in total. The van der Waals surface area contributed by atoms with Gasteiger partial charge in [0.25, 0.3) is 0 Å². The Balaban J connectivity index is 2.78. The molecule has 0 fully saturated rings. The summed E-state index contributed by atoms with van der Waals surface area (Å²) in [5, 5.41) is 0. The van der Waals surface area contributed by atoms with E-state index in [4.69, 9.17) is 4.74 Å². The zero-order valence-electron chi connectivity index (χ0n) is 8.72. The van der Waals surface area contributed by atoms with E-state index in [1.54, 1.807) is 30.0 Å². The van der Waals surface area contributed by atoms with Crippen LogP contribution >= 0.6 is 0 Å². The van der Waals surface area contributed by atoms with E-state index in [1.807, 2.05) is 18.2 Å². The normalized spacial score (nSPS) is 11.5. The van der Waals surface area contributed by atoms with Crippen molar-refractivity contribution in [3.8, 4) is 0 Å². The third-order valence-electron chi connectivity index (χ3n) is 1.81. The molecular weight excluding hydrogens is 190 g/mol. The summed E-state index contributed by atoms with van der Waals surface area (Å²) >= 11 is 0. The minimum Gasteiger partial charge on any atom is -0.395 e. The zero-order chi connectivity index (χ0) is 11.3. The summed E-state index contributed by atoms with van der Waals surface area (Å²) in [6, 6.07) is 5.59. The van der Waals surface area contributed by atoms with Gasteiger partial charge in [-0.15, -0.1) is 0 Å². The van der Waals surface area contributed by atoms with Crippen LogP contribution in [-0.4, -0.2) is 5.97 Å². The number of pyridine rings is 1. The van der Waals surface area contributed by atoms with Crippen LogP contribution in [0.5, 0.6) is 0 Å². The smallest absolute Gasteiger partial charge is 0.338 e. The summed E-state index contributed by atoms with van der Waals surface area (Å²) in [7, 11) is 0. The standard InChI is InChI=1S/C12H14NO2/c1-4-11(15-12(14)10(2)3)13-8-6-5-7-9-13/h4-9,11H,1-2H2,3H3/q+1. The summed E-state index contributed by atoms with van der Waals surface area (Å²) in [6.45, 7) is 8.75. The highest BCUT2D eigenvalue weighted by molar-refractivity contribution is 5.86. The van der Waals surface area contributed by atoms with E-state index >= 15 is 0 Å². The van der Waals surface area contributed by atoms with Gasteiger partial charge in [-0.05, 0) is 6.92 Å². The van der Waals surface area contributed by atoms with Crippen LogP contribution in [0.1, 0.15) is 13.2 Å². The van der Waals surface area contributed by atoms with Gasteiger partial charge >= 0.3 is 12.2 Å². The molecule has 3 nitrogen and oxygen atoms in total. The maximum absolute atomic E-state index is 11.3. The fraction of sp³-hybridized carbons (Fsp3) is 0.167. The van der Waals surface area contributed by atoms with Crippen LogP contribution < -0.4 is 4.57 Å². The Morgan fingerprint density at radius 3 is 2.47 bits per heavy atom. The Kier molecular flexibility index (Phi) is 3.80. The zero-order valence-corrected chi connectivity index (χ0v) is 8.72. The van der Waals surface area contributed by atoms with Gasteiger partial charge in [0.05, 0.1) is 0 Å². The van der Waals surface area contributed by atoms with E-state index in [2.05, 4.69) is 13.2 Å². The van der Waals surface area contributed by atoms with Crippen LogP contribution in [0.2, 0.25) is 0 Å². The predicted octanol–water partition coefficient (Wildman–Crippen LogP) is 1.78. The minimum atomic E-state index is -0.490. The number of rotatable bonds is 4. The summed E-state index contributed by atoms with van der Waals surface area (Å²) in [4.78, 5) is 11.3. The number of hydrogen-bond donors (Lipinski definition) is 0. The van der Waals surface area contributed by atoms with E-state index in [0.29, 0.717) is 5.57 Å². The molecule has 0 bridgehead atoms.